The molecule has 0 aromatic carbocycles. The standard InChI is InChI=1S/C13H22N2O2/c1-8-10(12(16)17-6)11(9(2)15(8)5)13(3,4)7-14/h7,14H2,1-6H3. The Balaban J connectivity index is 3.58. The van der Waals surface area contributed by atoms with E-state index in [0.717, 1.165) is 17.0 Å². The molecule has 0 aliphatic heterocycles. The van der Waals surface area contributed by atoms with Crippen LogP contribution in [-0.4, -0.2) is 24.2 Å². The van der Waals surface area contributed by atoms with Crippen LogP contribution in [0.1, 0.15) is 41.2 Å². The van der Waals surface area contributed by atoms with E-state index in [1.165, 1.54) is 7.11 Å². The second kappa shape index (κ2) is 4.53. The summed E-state index contributed by atoms with van der Waals surface area (Å²) in [6, 6.07) is 0. The third-order valence-electron chi connectivity index (χ3n) is 3.56. The van der Waals surface area contributed by atoms with Crippen LogP contribution in [0.2, 0.25) is 0 Å². The van der Waals surface area contributed by atoms with Gasteiger partial charge in [-0.1, -0.05) is 13.8 Å². The number of ether oxygens (including phenoxy) is 1. The maximum Gasteiger partial charge on any atom is 0.339 e. The summed E-state index contributed by atoms with van der Waals surface area (Å²) >= 11 is 0. The number of nitrogens with zero attached hydrogens (tertiary/aromatic N) is 1. The van der Waals surface area contributed by atoms with E-state index < -0.39 is 0 Å². The summed E-state index contributed by atoms with van der Waals surface area (Å²) in [6.07, 6.45) is 0. The molecular formula is C13H22N2O2. The van der Waals surface area contributed by atoms with Gasteiger partial charge in [0, 0.05) is 30.4 Å². The van der Waals surface area contributed by atoms with E-state index in [4.69, 9.17) is 10.5 Å². The van der Waals surface area contributed by atoms with Crippen molar-refractivity contribution in [1.82, 2.24) is 4.57 Å². The first-order chi connectivity index (χ1) is 7.77. The van der Waals surface area contributed by atoms with Gasteiger partial charge in [0.05, 0.1) is 12.7 Å². The lowest BCUT2D eigenvalue weighted by atomic mass is 9.82. The maximum atomic E-state index is 11.9. The molecule has 0 spiro atoms. The highest BCUT2D eigenvalue weighted by atomic mass is 16.5. The molecule has 17 heavy (non-hydrogen) atoms. The smallest absolute Gasteiger partial charge is 0.339 e. The predicted octanol–water partition coefficient (Wildman–Crippen LogP) is 1.66. The van der Waals surface area contributed by atoms with Crippen molar-refractivity contribution >= 4 is 5.97 Å². The molecule has 0 saturated carbocycles. The van der Waals surface area contributed by atoms with Crippen molar-refractivity contribution in [2.75, 3.05) is 13.7 Å². The van der Waals surface area contributed by atoms with Gasteiger partial charge in [-0.25, -0.2) is 4.79 Å². The largest absolute Gasteiger partial charge is 0.465 e. The van der Waals surface area contributed by atoms with Crippen LogP contribution in [-0.2, 0) is 17.2 Å². The van der Waals surface area contributed by atoms with Crippen LogP contribution in [0.3, 0.4) is 0 Å². The number of carbonyl (C=O) groups is 1. The number of carbonyl (C=O) groups excluding carboxylic acids is 1. The van der Waals surface area contributed by atoms with Gasteiger partial charge in [-0.3, -0.25) is 0 Å². The third kappa shape index (κ3) is 2.09. The molecule has 1 heterocycles. The predicted molar refractivity (Wildman–Crippen MR) is 68.3 cm³/mol. The highest BCUT2D eigenvalue weighted by molar-refractivity contribution is 5.93. The lowest BCUT2D eigenvalue weighted by Gasteiger charge is -2.24. The molecule has 0 aliphatic rings. The van der Waals surface area contributed by atoms with Gasteiger partial charge in [0.25, 0.3) is 0 Å². The van der Waals surface area contributed by atoms with E-state index in [0.29, 0.717) is 12.1 Å². The van der Waals surface area contributed by atoms with Crippen molar-refractivity contribution in [1.29, 1.82) is 0 Å². The van der Waals surface area contributed by atoms with Crippen LogP contribution in [0.5, 0.6) is 0 Å². The third-order valence-corrected chi connectivity index (χ3v) is 3.56. The first kappa shape index (κ1) is 13.8. The minimum Gasteiger partial charge on any atom is -0.465 e. The van der Waals surface area contributed by atoms with Crippen molar-refractivity contribution < 1.29 is 9.53 Å². The summed E-state index contributed by atoms with van der Waals surface area (Å²) in [5, 5.41) is 0. The Labute approximate surface area is 103 Å². The number of methoxy groups -OCH3 is 1. The van der Waals surface area contributed by atoms with Crippen LogP contribution in [0.15, 0.2) is 0 Å². The van der Waals surface area contributed by atoms with Crippen molar-refractivity contribution in [3.05, 3.63) is 22.5 Å². The van der Waals surface area contributed by atoms with E-state index in [-0.39, 0.29) is 11.4 Å². The molecular weight excluding hydrogens is 216 g/mol. The van der Waals surface area contributed by atoms with Gasteiger partial charge < -0.3 is 15.0 Å². The maximum absolute atomic E-state index is 11.9. The van der Waals surface area contributed by atoms with Gasteiger partial charge in [0.15, 0.2) is 0 Å². The molecule has 0 saturated heterocycles. The number of hydrogen-bond donors (Lipinski definition) is 1. The summed E-state index contributed by atoms with van der Waals surface area (Å²) in [4.78, 5) is 11.9. The molecule has 0 atom stereocenters. The van der Waals surface area contributed by atoms with Crippen LogP contribution >= 0.6 is 0 Å². The van der Waals surface area contributed by atoms with Crippen molar-refractivity contribution in [2.24, 2.45) is 12.8 Å². The fourth-order valence-electron chi connectivity index (χ4n) is 2.23. The average Bonchev–Trinajstić information content (AvgIpc) is 2.53. The molecule has 0 bridgehead atoms. The van der Waals surface area contributed by atoms with Crippen molar-refractivity contribution in [2.45, 2.75) is 33.1 Å². The average molecular weight is 238 g/mol. The molecule has 0 radical (unpaired) electrons. The number of nitrogens with two attached hydrogens (primary N) is 1. The minimum atomic E-state index is -0.289. The fourth-order valence-corrected chi connectivity index (χ4v) is 2.23. The van der Waals surface area contributed by atoms with E-state index in [9.17, 15) is 4.79 Å². The van der Waals surface area contributed by atoms with Gasteiger partial charge >= 0.3 is 5.97 Å². The summed E-state index contributed by atoms with van der Waals surface area (Å²) in [5.41, 5.74) is 9.22. The molecule has 1 aromatic heterocycles. The lowest BCUT2D eigenvalue weighted by molar-refractivity contribution is 0.0597. The summed E-state index contributed by atoms with van der Waals surface area (Å²) in [7, 11) is 3.36. The second-order valence-electron chi connectivity index (χ2n) is 5.06. The molecule has 0 fully saturated rings. The zero-order valence-electron chi connectivity index (χ0n) is 11.5. The molecule has 4 nitrogen and oxygen atoms in total. The summed E-state index contributed by atoms with van der Waals surface area (Å²) in [5.74, 6) is -0.289. The van der Waals surface area contributed by atoms with Crippen molar-refractivity contribution in [3.63, 3.8) is 0 Å². The van der Waals surface area contributed by atoms with Crippen LogP contribution < -0.4 is 5.73 Å². The van der Waals surface area contributed by atoms with Crippen LogP contribution in [0.4, 0.5) is 0 Å². The first-order valence-electron chi connectivity index (χ1n) is 5.72. The number of hydrogen-bond acceptors (Lipinski definition) is 3. The number of esters is 1. The topological polar surface area (TPSA) is 57.2 Å². The Hall–Kier alpha value is -1.29. The molecule has 4 heteroatoms. The Morgan fingerprint density at radius 3 is 2.29 bits per heavy atom. The molecule has 0 unspecified atom stereocenters. The van der Waals surface area contributed by atoms with Crippen molar-refractivity contribution in [3.8, 4) is 0 Å². The molecule has 0 amide bonds. The molecule has 96 valence electrons. The zero-order chi connectivity index (χ0) is 13.4. The first-order valence-corrected chi connectivity index (χ1v) is 5.72. The molecule has 1 rings (SSSR count). The summed E-state index contributed by atoms with van der Waals surface area (Å²) < 4.78 is 6.89. The van der Waals surface area contributed by atoms with Gasteiger partial charge in [-0.2, -0.15) is 0 Å². The zero-order valence-corrected chi connectivity index (χ0v) is 11.5. The fraction of sp³-hybridized carbons (Fsp3) is 0.615. The van der Waals surface area contributed by atoms with E-state index in [2.05, 4.69) is 0 Å². The van der Waals surface area contributed by atoms with Gasteiger partial charge in [0.1, 0.15) is 0 Å². The van der Waals surface area contributed by atoms with Gasteiger partial charge in [-0.15, -0.1) is 0 Å². The van der Waals surface area contributed by atoms with Crippen LogP contribution in [0.25, 0.3) is 0 Å². The number of rotatable bonds is 3. The molecule has 1 aromatic rings. The Bertz CT molecular complexity index is 445. The lowest BCUT2D eigenvalue weighted by Crippen LogP contribution is -2.30. The van der Waals surface area contributed by atoms with E-state index in [1.54, 1.807) is 0 Å². The SMILES string of the molecule is COC(=O)c1c(C(C)(C)CN)c(C)n(C)c1C. The summed E-state index contributed by atoms with van der Waals surface area (Å²) in [6.45, 7) is 8.51. The quantitative estimate of drug-likeness (QED) is 0.815. The minimum absolute atomic E-state index is 0.236. The van der Waals surface area contributed by atoms with Crippen LogP contribution in [0, 0.1) is 13.8 Å². The highest BCUT2D eigenvalue weighted by Gasteiger charge is 2.31. The normalized spacial score (nSPS) is 11.7. The molecule has 0 aliphatic carbocycles. The monoisotopic (exact) mass is 238 g/mol. The van der Waals surface area contributed by atoms with Gasteiger partial charge in [-0.05, 0) is 19.4 Å². The van der Waals surface area contributed by atoms with Gasteiger partial charge in [0.2, 0.25) is 0 Å². The second-order valence-corrected chi connectivity index (χ2v) is 5.06. The Kier molecular flexibility index (Phi) is 3.67. The molecule has 2 N–H and O–H groups in total. The Morgan fingerprint density at radius 2 is 1.88 bits per heavy atom. The van der Waals surface area contributed by atoms with E-state index in [1.807, 2.05) is 39.3 Å². The Morgan fingerprint density at radius 1 is 1.35 bits per heavy atom. The van der Waals surface area contributed by atoms with E-state index >= 15 is 0 Å². The number of aromatic nitrogens is 1. The highest BCUT2D eigenvalue weighted by Crippen LogP contribution is 2.32.